The van der Waals surface area contributed by atoms with Crippen molar-refractivity contribution in [1.29, 1.82) is 0 Å². The van der Waals surface area contributed by atoms with Gasteiger partial charge in [-0.25, -0.2) is 0 Å². The summed E-state index contributed by atoms with van der Waals surface area (Å²) in [4.78, 5) is 105. The van der Waals surface area contributed by atoms with Crippen molar-refractivity contribution in [2.24, 2.45) is 23.5 Å². The van der Waals surface area contributed by atoms with Crippen LogP contribution >= 0.6 is 0 Å². The van der Waals surface area contributed by atoms with Crippen molar-refractivity contribution in [3.05, 3.63) is 77.9 Å². The first-order valence-electron chi connectivity index (χ1n) is 20.5. The van der Waals surface area contributed by atoms with E-state index in [1.165, 1.54) is 0 Å². The number of carboxylic acids is 1. The molecule has 1 aliphatic rings. The maximum atomic E-state index is 13.7. The molecule has 3 aromatic carbocycles. The van der Waals surface area contributed by atoms with Crippen molar-refractivity contribution in [2.45, 2.75) is 96.8 Å². The zero-order valence-electron chi connectivity index (χ0n) is 34.5. The van der Waals surface area contributed by atoms with Crippen LogP contribution in [0.2, 0.25) is 0 Å². The molecule has 322 valence electrons. The minimum atomic E-state index is -1.64. The standard InChI is InChI=1S/C44H57N7O9/c1-5-25(3)38(44(60)49-35(23-37(53)54)43(59)48-33(19-12-20-45)41(57)51-39(55)26(4)6-2)50-42(58)34-21-29(24-46-34)36(52)22-28-14-8-10-18-32(28)47-40(56)31-17-11-15-27-13-7-9-16-30(27)31/h7-11,13-18,25-26,29,33-35,38,46H,5-6,12,19-24,45H2,1-4H3,(H,47,56)(H,48,59)(H,49,60)(H,50,58)(H,53,54)(H,51,55,57)/t25-,26?,29?,33-,34-,35-,38-/m0/s1. The van der Waals surface area contributed by atoms with E-state index in [2.05, 4.69) is 31.9 Å². The van der Waals surface area contributed by atoms with Gasteiger partial charge in [-0.2, -0.15) is 0 Å². The summed E-state index contributed by atoms with van der Waals surface area (Å²) in [5, 5.41) is 27.3. The van der Waals surface area contributed by atoms with Crippen molar-refractivity contribution in [3.63, 3.8) is 0 Å². The van der Waals surface area contributed by atoms with Crippen LogP contribution < -0.4 is 37.6 Å². The lowest BCUT2D eigenvalue weighted by Gasteiger charge is -2.28. The molecule has 0 aliphatic carbocycles. The van der Waals surface area contributed by atoms with Gasteiger partial charge in [0.2, 0.25) is 29.5 Å². The molecule has 3 aromatic rings. The van der Waals surface area contributed by atoms with Crippen molar-refractivity contribution in [2.75, 3.05) is 18.4 Å². The van der Waals surface area contributed by atoms with Gasteiger partial charge in [-0.15, -0.1) is 0 Å². The molecule has 16 heteroatoms. The third-order valence-corrected chi connectivity index (χ3v) is 11.0. The highest BCUT2D eigenvalue weighted by molar-refractivity contribution is 6.13. The molecule has 16 nitrogen and oxygen atoms in total. The summed E-state index contributed by atoms with van der Waals surface area (Å²) in [7, 11) is 0. The van der Waals surface area contributed by atoms with Crippen LogP contribution in [0.15, 0.2) is 66.7 Å². The summed E-state index contributed by atoms with van der Waals surface area (Å²) in [6, 6.07) is 15.2. The second kappa shape index (κ2) is 22.4. The monoisotopic (exact) mass is 827 g/mol. The third kappa shape index (κ3) is 12.7. The molecule has 1 fully saturated rings. The van der Waals surface area contributed by atoms with E-state index in [1.54, 1.807) is 58.0 Å². The molecule has 6 amide bonds. The van der Waals surface area contributed by atoms with Crippen LogP contribution in [0.4, 0.5) is 5.69 Å². The van der Waals surface area contributed by atoms with Crippen LogP contribution in [-0.2, 0) is 40.0 Å². The third-order valence-electron chi connectivity index (χ3n) is 11.0. The Bertz CT molecular complexity index is 2050. The lowest BCUT2D eigenvalue weighted by molar-refractivity contribution is -0.141. The highest BCUT2D eigenvalue weighted by Crippen LogP contribution is 2.24. The number of ketones is 1. The van der Waals surface area contributed by atoms with Crippen molar-refractivity contribution in [3.8, 4) is 0 Å². The number of carboxylic acid groups (broad SMARTS) is 1. The van der Waals surface area contributed by atoms with E-state index in [-0.39, 0.29) is 44.0 Å². The number of nitrogens with two attached hydrogens (primary N) is 1. The number of anilines is 1. The van der Waals surface area contributed by atoms with Gasteiger partial charge in [-0.3, -0.25) is 43.7 Å². The Balaban J connectivity index is 1.39. The Morgan fingerprint density at radius 3 is 2.18 bits per heavy atom. The summed E-state index contributed by atoms with van der Waals surface area (Å²) >= 11 is 0. The molecule has 0 saturated carbocycles. The van der Waals surface area contributed by atoms with E-state index >= 15 is 0 Å². The fourth-order valence-corrected chi connectivity index (χ4v) is 6.90. The Labute approximate surface area is 349 Å². The van der Waals surface area contributed by atoms with Crippen LogP contribution in [0.25, 0.3) is 10.8 Å². The van der Waals surface area contributed by atoms with Gasteiger partial charge in [-0.05, 0) is 66.6 Å². The molecule has 0 bridgehead atoms. The number of aliphatic carboxylic acids is 1. The Kier molecular flexibility index (Phi) is 17.4. The Morgan fingerprint density at radius 2 is 1.48 bits per heavy atom. The first kappa shape index (κ1) is 46.7. The first-order valence-corrected chi connectivity index (χ1v) is 20.5. The van der Waals surface area contributed by atoms with E-state index in [0.717, 1.165) is 10.8 Å². The Hall–Kier alpha value is -6.00. The number of fused-ring (bicyclic) bond motifs is 1. The van der Waals surface area contributed by atoms with Crippen LogP contribution in [0.1, 0.15) is 82.1 Å². The van der Waals surface area contributed by atoms with E-state index in [0.29, 0.717) is 36.1 Å². The number of benzene rings is 3. The molecule has 1 aliphatic heterocycles. The van der Waals surface area contributed by atoms with Crippen LogP contribution in [-0.4, -0.2) is 89.6 Å². The van der Waals surface area contributed by atoms with Gasteiger partial charge in [0.25, 0.3) is 5.91 Å². The SMILES string of the molecule is CCC(C)C(=O)NC(=O)[C@H](CCCN)NC(=O)[C@H](CC(=O)O)NC(=O)[C@@H](NC(=O)[C@@H]1CC(C(=O)Cc2ccccc2NC(=O)c2cccc3ccccc23)CN1)[C@@H](C)CC. The predicted octanol–water partition coefficient (Wildman–Crippen LogP) is 2.58. The highest BCUT2D eigenvalue weighted by Gasteiger charge is 2.38. The quantitative estimate of drug-likeness (QED) is 0.0775. The average molecular weight is 828 g/mol. The maximum Gasteiger partial charge on any atom is 0.305 e. The van der Waals surface area contributed by atoms with Gasteiger partial charge < -0.3 is 37.4 Å². The minimum absolute atomic E-state index is 0.000511. The number of hydrogen-bond acceptors (Lipinski definition) is 10. The van der Waals surface area contributed by atoms with E-state index in [4.69, 9.17) is 5.73 Å². The molecule has 9 N–H and O–H groups in total. The molecule has 1 heterocycles. The molecule has 0 spiro atoms. The molecule has 2 unspecified atom stereocenters. The number of rotatable bonds is 21. The topological polar surface area (TPSA) is 255 Å². The van der Waals surface area contributed by atoms with Crippen molar-refractivity contribution < 1.29 is 43.5 Å². The van der Waals surface area contributed by atoms with Gasteiger partial charge in [0, 0.05) is 36.1 Å². The molecule has 4 rings (SSSR count). The van der Waals surface area contributed by atoms with Gasteiger partial charge in [0.15, 0.2) is 0 Å². The van der Waals surface area contributed by atoms with E-state index in [9.17, 15) is 43.5 Å². The number of Topliss-reactive ketones (excluding diaryl/α,β-unsaturated/α-hetero) is 1. The second-order valence-electron chi connectivity index (χ2n) is 15.4. The van der Waals surface area contributed by atoms with E-state index < -0.39 is 83.8 Å². The van der Waals surface area contributed by atoms with Gasteiger partial charge in [0.05, 0.1) is 12.5 Å². The number of imide groups is 1. The van der Waals surface area contributed by atoms with Crippen LogP contribution in [0, 0.1) is 17.8 Å². The Morgan fingerprint density at radius 1 is 0.800 bits per heavy atom. The van der Waals surface area contributed by atoms with Crippen molar-refractivity contribution in [1.82, 2.24) is 26.6 Å². The zero-order chi connectivity index (χ0) is 43.9. The summed E-state index contributed by atoms with van der Waals surface area (Å²) in [6.45, 7) is 7.30. The molecular formula is C44H57N7O9. The minimum Gasteiger partial charge on any atom is -0.481 e. The smallest absolute Gasteiger partial charge is 0.305 e. The van der Waals surface area contributed by atoms with Gasteiger partial charge >= 0.3 is 5.97 Å². The average Bonchev–Trinajstić information content (AvgIpc) is 3.74. The maximum absolute atomic E-state index is 13.7. The normalized spacial score (nSPS) is 17.3. The number of para-hydroxylation sites is 1. The van der Waals surface area contributed by atoms with E-state index in [1.807, 2.05) is 36.4 Å². The summed E-state index contributed by atoms with van der Waals surface area (Å²) < 4.78 is 0. The molecule has 60 heavy (non-hydrogen) atoms. The van der Waals surface area contributed by atoms with Gasteiger partial charge in [0.1, 0.15) is 23.9 Å². The number of carbonyl (C=O) groups is 8. The van der Waals surface area contributed by atoms with Crippen LogP contribution in [0.5, 0.6) is 0 Å². The molecule has 0 aromatic heterocycles. The summed E-state index contributed by atoms with van der Waals surface area (Å²) in [6.07, 6.45) is 0.553. The number of nitrogens with one attached hydrogen (secondary N) is 6. The number of amides is 6. The van der Waals surface area contributed by atoms with Gasteiger partial charge in [-0.1, -0.05) is 88.7 Å². The summed E-state index contributed by atoms with van der Waals surface area (Å²) in [5.74, 6) is -7.02. The lowest BCUT2D eigenvalue weighted by atomic mass is 9.93. The molecular weight excluding hydrogens is 771 g/mol. The number of carbonyl (C=O) groups excluding carboxylic acids is 7. The second-order valence-corrected chi connectivity index (χ2v) is 15.4. The van der Waals surface area contributed by atoms with Crippen LogP contribution in [0.3, 0.4) is 0 Å². The largest absolute Gasteiger partial charge is 0.481 e. The predicted molar refractivity (Wildman–Crippen MR) is 225 cm³/mol. The summed E-state index contributed by atoms with van der Waals surface area (Å²) in [5.41, 5.74) is 7.22. The lowest BCUT2D eigenvalue weighted by Crippen LogP contribution is -2.59. The molecule has 7 atom stereocenters. The highest BCUT2D eigenvalue weighted by atomic mass is 16.4. The fraction of sp³-hybridized carbons (Fsp3) is 0.455. The van der Waals surface area contributed by atoms with Crippen molar-refractivity contribution >= 4 is 63.7 Å². The molecule has 0 radical (unpaired) electrons. The first-order chi connectivity index (χ1) is 28.7. The fourth-order valence-electron chi connectivity index (χ4n) is 6.90. The molecule has 1 saturated heterocycles. The number of hydrogen-bond donors (Lipinski definition) is 8. The zero-order valence-corrected chi connectivity index (χ0v) is 34.5.